The molecule has 0 atom stereocenters. The molecule has 2 aliphatic rings. The van der Waals surface area contributed by atoms with Crippen LogP contribution in [0.4, 0.5) is 5.69 Å². The van der Waals surface area contributed by atoms with Crippen molar-refractivity contribution in [3.05, 3.63) is 65.9 Å². The Kier molecular flexibility index (Phi) is 6.50. The van der Waals surface area contributed by atoms with Gasteiger partial charge in [-0.1, -0.05) is 42.5 Å². The van der Waals surface area contributed by atoms with Crippen molar-refractivity contribution >= 4 is 30.1 Å². The first-order valence-corrected chi connectivity index (χ1v) is 8.97. The lowest BCUT2D eigenvalue weighted by atomic mass is 10.1. The monoisotopic (exact) mass is 386 g/mol. The summed E-state index contributed by atoms with van der Waals surface area (Å²) in [6, 6.07) is 17.5. The Morgan fingerprint density at radius 1 is 0.926 bits per heavy atom. The SMILES string of the molecule is Cl.O=C1/C(=C/c2ccccc2)Oc2ccccc2N1CCN1CCOCC1. The number of anilines is 1. The van der Waals surface area contributed by atoms with Crippen LogP contribution in [0.15, 0.2) is 60.4 Å². The van der Waals surface area contributed by atoms with E-state index >= 15 is 0 Å². The third-order valence-corrected chi connectivity index (χ3v) is 4.67. The number of rotatable bonds is 4. The van der Waals surface area contributed by atoms with Crippen LogP contribution in [0.5, 0.6) is 5.75 Å². The third-order valence-electron chi connectivity index (χ3n) is 4.67. The zero-order valence-corrected chi connectivity index (χ0v) is 15.9. The molecule has 1 amide bonds. The predicted octanol–water partition coefficient (Wildman–Crippen LogP) is 3.21. The summed E-state index contributed by atoms with van der Waals surface area (Å²) < 4.78 is 11.3. The van der Waals surface area contributed by atoms with Gasteiger partial charge >= 0.3 is 0 Å². The minimum atomic E-state index is -0.0965. The molecule has 0 saturated carbocycles. The van der Waals surface area contributed by atoms with Crippen LogP contribution in [0.3, 0.4) is 0 Å². The van der Waals surface area contributed by atoms with E-state index < -0.39 is 0 Å². The molecule has 1 fully saturated rings. The number of halogens is 1. The molecule has 6 heteroatoms. The standard InChI is InChI=1S/C21H22N2O3.ClH/c24-21-20(16-17-6-2-1-3-7-17)26-19-9-5-4-8-18(19)23(21)11-10-22-12-14-25-15-13-22;/h1-9,16H,10-15H2;1H/b20-16-;. The number of para-hydroxylation sites is 2. The van der Waals surface area contributed by atoms with Gasteiger partial charge in [0.1, 0.15) is 0 Å². The average molecular weight is 387 g/mol. The van der Waals surface area contributed by atoms with Crippen molar-refractivity contribution < 1.29 is 14.3 Å². The summed E-state index contributed by atoms with van der Waals surface area (Å²) in [5.74, 6) is 0.981. The Labute approximate surface area is 165 Å². The lowest BCUT2D eigenvalue weighted by Crippen LogP contribution is -2.45. The van der Waals surface area contributed by atoms with Gasteiger partial charge in [0.05, 0.1) is 18.9 Å². The molecule has 0 aromatic heterocycles. The molecule has 2 aliphatic heterocycles. The summed E-state index contributed by atoms with van der Waals surface area (Å²) in [6.45, 7) is 4.78. The molecule has 2 aromatic carbocycles. The molecule has 142 valence electrons. The van der Waals surface area contributed by atoms with Crippen LogP contribution in [0, 0.1) is 0 Å². The maximum absolute atomic E-state index is 13.1. The van der Waals surface area contributed by atoms with E-state index in [0.29, 0.717) is 12.3 Å². The van der Waals surface area contributed by atoms with Crippen molar-refractivity contribution in [2.45, 2.75) is 0 Å². The molecule has 0 radical (unpaired) electrons. The van der Waals surface area contributed by atoms with Gasteiger partial charge in [0.15, 0.2) is 11.5 Å². The summed E-state index contributed by atoms with van der Waals surface area (Å²) in [5.41, 5.74) is 1.78. The van der Waals surface area contributed by atoms with Gasteiger partial charge in [-0.05, 0) is 23.8 Å². The number of benzene rings is 2. The summed E-state index contributed by atoms with van der Waals surface area (Å²) in [4.78, 5) is 17.2. The highest BCUT2D eigenvalue weighted by atomic mass is 35.5. The molecule has 0 aliphatic carbocycles. The molecular weight excluding hydrogens is 364 g/mol. The summed E-state index contributed by atoms with van der Waals surface area (Å²) in [7, 11) is 0. The van der Waals surface area contributed by atoms with Crippen LogP contribution < -0.4 is 9.64 Å². The van der Waals surface area contributed by atoms with Crippen LogP contribution in [0.2, 0.25) is 0 Å². The molecule has 4 rings (SSSR count). The number of morpholine rings is 1. The predicted molar refractivity (Wildman–Crippen MR) is 108 cm³/mol. The van der Waals surface area contributed by atoms with Crippen molar-refractivity contribution in [3.63, 3.8) is 0 Å². The summed E-state index contributed by atoms with van der Waals surface area (Å²) in [6.07, 6.45) is 1.81. The van der Waals surface area contributed by atoms with Gasteiger partial charge in [0.2, 0.25) is 0 Å². The smallest absolute Gasteiger partial charge is 0.294 e. The second-order valence-electron chi connectivity index (χ2n) is 6.40. The van der Waals surface area contributed by atoms with Crippen LogP contribution in [-0.2, 0) is 9.53 Å². The van der Waals surface area contributed by atoms with E-state index in [9.17, 15) is 4.79 Å². The Hall–Kier alpha value is -2.34. The van der Waals surface area contributed by atoms with Crippen LogP contribution in [0.25, 0.3) is 6.08 Å². The van der Waals surface area contributed by atoms with Gasteiger partial charge in [-0.25, -0.2) is 0 Å². The average Bonchev–Trinajstić information content (AvgIpc) is 2.70. The Bertz CT molecular complexity index is 804. The summed E-state index contributed by atoms with van der Waals surface area (Å²) >= 11 is 0. The van der Waals surface area contributed by atoms with E-state index in [1.165, 1.54) is 0 Å². The minimum Gasteiger partial charge on any atom is -0.449 e. The molecule has 0 N–H and O–H groups in total. The van der Waals surface area contributed by atoms with Gasteiger partial charge in [-0.2, -0.15) is 0 Å². The van der Waals surface area contributed by atoms with Crippen LogP contribution in [-0.4, -0.2) is 50.2 Å². The number of nitrogens with zero attached hydrogens (tertiary/aromatic N) is 2. The fraction of sp³-hybridized carbons (Fsp3) is 0.286. The fourth-order valence-electron chi connectivity index (χ4n) is 3.25. The van der Waals surface area contributed by atoms with Gasteiger partial charge in [0, 0.05) is 26.2 Å². The van der Waals surface area contributed by atoms with Crippen molar-refractivity contribution in [1.29, 1.82) is 0 Å². The van der Waals surface area contributed by atoms with E-state index in [2.05, 4.69) is 4.90 Å². The van der Waals surface area contributed by atoms with Crippen LogP contribution >= 0.6 is 12.4 Å². The van der Waals surface area contributed by atoms with Gasteiger partial charge in [-0.3, -0.25) is 9.69 Å². The number of carbonyl (C=O) groups is 1. The van der Waals surface area contributed by atoms with Crippen molar-refractivity contribution in [2.75, 3.05) is 44.3 Å². The molecular formula is C21H23ClN2O3. The van der Waals surface area contributed by atoms with E-state index in [-0.39, 0.29) is 18.3 Å². The molecule has 0 bridgehead atoms. The lowest BCUT2D eigenvalue weighted by molar-refractivity contribution is -0.117. The molecule has 2 heterocycles. The van der Waals surface area contributed by atoms with Crippen molar-refractivity contribution in [2.24, 2.45) is 0 Å². The van der Waals surface area contributed by atoms with Gasteiger partial charge in [0.25, 0.3) is 5.91 Å². The highest BCUT2D eigenvalue weighted by Crippen LogP contribution is 2.35. The molecule has 5 nitrogen and oxygen atoms in total. The number of fused-ring (bicyclic) bond motifs is 1. The molecule has 27 heavy (non-hydrogen) atoms. The molecule has 2 aromatic rings. The van der Waals surface area contributed by atoms with Crippen LogP contribution in [0.1, 0.15) is 5.56 Å². The fourth-order valence-corrected chi connectivity index (χ4v) is 3.25. The minimum absolute atomic E-state index is 0. The number of amides is 1. The van der Waals surface area contributed by atoms with Gasteiger partial charge in [-0.15, -0.1) is 12.4 Å². The van der Waals surface area contributed by atoms with Gasteiger partial charge < -0.3 is 14.4 Å². The number of hydrogen-bond acceptors (Lipinski definition) is 4. The number of carbonyl (C=O) groups excluding carboxylic acids is 1. The van der Waals surface area contributed by atoms with Crippen molar-refractivity contribution in [1.82, 2.24) is 4.90 Å². The zero-order valence-electron chi connectivity index (χ0n) is 15.0. The number of ether oxygens (including phenoxy) is 2. The largest absolute Gasteiger partial charge is 0.449 e. The van der Waals surface area contributed by atoms with E-state index in [0.717, 1.165) is 49.8 Å². The highest BCUT2D eigenvalue weighted by Gasteiger charge is 2.30. The maximum Gasteiger partial charge on any atom is 0.294 e. The lowest BCUT2D eigenvalue weighted by Gasteiger charge is -2.33. The Balaban J connectivity index is 0.00000210. The quantitative estimate of drug-likeness (QED) is 0.757. The maximum atomic E-state index is 13.1. The highest BCUT2D eigenvalue weighted by molar-refractivity contribution is 6.09. The number of hydrogen-bond donors (Lipinski definition) is 0. The molecule has 0 unspecified atom stereocenters. The first-order valence-electron chi connectivity index (χ1n) is 8.97. The first kappa shape index (κ1) is 19.4. The Morgan fingerprint density at radius 2 is 1.63 bits per heavy atom. The van der Waals surface area contributed by atoms with E-state index in [1.807, 2.05) is 59.5 Å². The van der Waals surface area contributed by atoms with Crippen molar-refractivity contribution in [3.8, 4) is 5.75 Å². The normalized spacial score (nSPS) is 18.6. The topological polar surface area (TPSA) is 42.0 Å². The van der Waals surface area contributed by atoms with E-state index in [4.69, 9.17) is 9.47 Å². The molecule has 1 saturated heterocycles. The summed E-state index contributed by atoms with van der Waals surface area (Å²) in [5, 5.41) is 0. The van der Waals surface area contributed by atoms with E-state index in [1.54, 1.807) is 6.08 Å². The first-order chi connectivity index (χ1) is 12.8. The second kappa shape index (κ2) is 9.04. The third kappa shape index (κ3) is 4.50. The Morgan fingerprint density at radius 3 is 2.41 bits per heavy atom. The zero-order chi connectivity index (χ0) is 17.8. The molecule has 0 spiro atoms. The second-order valence-corrected chi connectivity index (χ2v) is 6.40.